The molecule has 31 heavy (non-hydrogen) atoms. The predicted molar refractivity (Wildman–Crippen MR) is 118 cm³/mol. The number of furan rings is 1. The van der Waals surface area contributed by atoms with Crippen LogP contribution in [0.2, 0.25) is 0 Å². The zero-order chi connectivity index (χ0) is 22.2. The van der Waals surface area contributed by atoms with Crippen LogP contribution in [0.15, 0.2) is 58.0 Å². The lowest BCUT2D eigenvalue weighted by Gasteiger charge is -2.07. The molecule has 162 valence electrons. The first-order valence-corrected chi connectivity index (χ1v) is 11.2. The van der Waals surface area contributed by atoms with Gasteiger partial charge in [0.05, 0.1) is 29.7 Å². The molecule has 9 nitrogen and oxygen atoms in total. The fourth-order valence-corrected chi connectivity index (χ4v) is 4.41. The molecule has 2 aromatic carbocycles. The molecule has 4 N–H and O–H groups in total. The second kappa shape index (κ2) is 8.14. The Morgan fingerprint density at radius 1 is 1.23 bits per heavy atom. The summed E-state index contributed by atoms with van der Waals surface area (Å²) in [4.78, 5) is 11.2. The monoisotopic (exact) mass is 441 g/mol. The summed E-state index contributed by atoms with van der Waals surface area (Å²) in [7, 11) is -3.75. The van der Waals surface area contributed by atoms with Crippen LogP contribution in [-0.2, 0) is 27.9 Å². The maximum absolute atomic E-state index is 12.6. The molecule has 1 amide bonds. The average molecular weight is 442 g/mol. The summed E-state index contributed by atoms with van der Waals surface area (Å²) < 4.78 is 35.5. The van der Waals surface area contributed by atoms with Crippen LogP contribution in [0.5, 0.6) is 0 Å². The number of benzene rings is 2. The Bertz CT molecular complexity index is 1350. The van der Waals surface area contributed by atoms with Crippen LogP contribution in [0.25, 0.3) is 21.9 Å². The van der Waals surface area contributed by atoms with Gasteiger partial charge in [-0.1, -0.05) is 0 Å². The van der Waals surface area contributed by atoms with Crippen molar-refractivity contribution in [2.75, 3.05) is 5.32 Å². The summed E-state index contributed by atoms with van der Waals surface area (Å²) >= 11 is 0. The third kappa shape index (κ3) is 4.46. The van der Waals surface area contributed by atoms with Crippen LogP contribution in [0.4, 0.5) is 5.69 Å². The molecule has 0 saturated heterocycles. The largest absolute Gasteiger partial charge is 0.460 e. The predicted octanol–water partition coefficient (Wildman–Crippen LogP) is 2.57. The van der Waals surface area contributed by atoms with Crippen molar-refractivity contribution in [2.45, 2.75) is 37.9 Å². The number of carbonyl (C=O) groups excluding carboxylic acids is 1. The zero-order valence-corrected chi connectivity index (χ0v) is 17.9. The minimum atomic E-state index is -3.75. The van der Waals surface area contributed by atoms with Crippen molar-refractivity contribution >= 4 is 43.5 Å². The van der Waals surface area contributed by atoms with Gasteiger partial charge in [0.1, 0.15) is 11.3 Å². The third-order valence-corrected chi connectivity index (χ3v) is 6.15. The summed E-state index contributed by atoms with van der Waals surface area (Å²) in [5.74, 6) is 0.254. The average Bonchev–Trinajstić information content (AvgIpc) is 3.29. The third-order valence-electron chi connectivity index (χ3n) is 4.73. The highest BCUT2D eigenvalue weighted by atomic mass is 32.2. The van der Waals surface area contributed by atoms with Crippen LogP contribution in [0, 0.1) is 0 Å². The molecule has 0 aliphatic heterocycles. The number of hydrogen-bond donors (Lipinski definition) is 3. The van der Waals surface area contributed by atoms with Crippen molar-refractivity contribution in [3.05, 3.63) is 54.4 Å². The summed E-state index contributed by atoms with van der Waals surface area (Å²) in [5.41, 5.74) is 8.00. The Kier molecular flexibility index (Phi) is 5.52. The SMILES string of the molecule is CC(=O)Nc1ccc(S(=O)(=O)NCc2cc3c(ccc4cnn(C[C@H](C)N)c43)o2)cc1. The lowest BCUT2D eigenvalue weighted by Crippen LogP contribution is -2.23. The van der Waals surface area contributed by atoms with E-state index in [1.807, 2.05) is 29.8 Å². The van der Waals surface area contributed by atoms with Gasteiger partial charge in [0.25, 0.3) is 0 Å². The number of nitrogens with zero attached hydrogens (tertiary/aromatic N) is 2. The van der Waals surface area contributed by atoms with Gasteiger partial charge < -0.3 is 15.5 Å². The van der Waals surface area contributed by atoms with Crippen LogP contribution in [-0.4, -0.2) is 30.1 Å². The van der Waals surface area contributed by atoms with Crippen molar-refractivity contribution in [1.82, 2.24) is 14.5 Å². The molecule has 10 heteroatoms. The number of rotatable bonds is 7. The van der Waals surface area contributed by atoms with Crippen LogP contribution < -0.4 is 15.8 Å². The van der Waals surface area contributed by atoms with E-state index in [1.54, 1.807) is 6.20 Å². The normalized spacial score (nSPS) is 13.0. The van der Waals surface area contributed by atoms with E-state index < -0.39 is 10.0 Å². The van der Waals surface area contributed by atoms with Crippen LogP contribution in [0.1, 0.15) is 19.6 Å². The van der Waals surface area contributed by atoms with Crippen molar-refractivity contribution in [2.24, 2.45) is 5.73 Å². The van der Waals surface area contributed by atoms with Crippen molar-refractivity contribution in [3.8, 4) is 0 Å². The standard InChI is InChI=1S/C21H23N5O4S/c1-13(22)12-26-21-15(10-23-26)3-8-20-19(21)9-17(30-20)11-24-31(28,29)18-6-4-16(5-7-18)25-14(2)27/h3-10,13,24H,11-12,22H2,1-2H3,(H,25,27)/t13-/m0/s1. The Hall–Kier alpha value is -3.21. The number of fused-ring (bicyclic) bond motifs is 3. The molecule has 2 aromatic heterocycles. The molecule has 4 aromatic rings. The number of sulfonamides is 1. The number of nitrogens with two attached hydrogens (primary N) is 1. The van der Waals surface area contributed by atoms with Crippen LogP contribution in [0.3, 0.4) is 0 Å². The molecular weight excluding hydrogens is 418 g/mol. The number of hydrogen-bond acceptors (Lipinski definition) is 6. The van der Waals surface area contributed by atoms with Gasteiger partial charge in [0.2, 0.25) is 15.9 Å². The lowest BCUT2D eigenvalue weighted by molar-refractivity contribution is -0.114. The quantitative estimate of drug-likeness (QED) is 0.404. The van der Waals surface area contributed by atoms with Gasteiger partial charge in [-0.05, 0) is 49.4 Å². The van der Waals surface area contributed by atoms with E-state index in [1.165, 1.54) is 31.2 Å². The number of carbonyl (C=O) groups is 1. The second-order valence-corrected chi connectivity index (χ2v) is 9.23. The van der Waals surface area contributed by atoms with Crippen LogP contribution >= 0.6 is 0 Å². The van der Waals surface area contributed by atoms with Gasteiger partial charge in [0.15, 0.2) is 0 Å². The number of nitrogens with one attached hydrogen (secondary N) is 2. The minimum absolute atomic E-state index is 0.00656. The topological polar surface area (TPSA) is 132 Å². The minimum Gasteiger partial charge on any atom is -0.460 e. The highest BCUT2D eigenvalue weighted by Crippen LogP contribution is 2.28. The van der Waals surface area contributed by atoms with Gasteiger partial charge in [-0.15, -0.1) is 0 Å². The number of anilines is 1. The maximum atomic E-state index is 12.6. The first kappa shape index (κ1) is 21.0. The Labute approximate surface area is 179 Å². The fourth-order valence-electron chi connectivity index (χ4n) is 3.42. The molecular formula is C21H23N5O4S. The van der Waals surface area contributed by atoms with Gasteiger partial charge >= 0.3 is 0 Å². The molecule has 1 atom stereocenters. The molecule has 0 bridgehead atoms. The van der Waals surface area contributed by atoms with Crippen molar-refractivity contribution in [1.29, 1.82) is 0 Å². The van der Waals surface area contributed by atoms with Gasteiger partial charge in [-0.25, -0.2) is 13.1 Å². The van der Waals surface area contributed by atoms with E-state index >= 15 is 0 Å². The molecule has 0 radical (unpaired) electrons. The molecule has 2 heterocycles. The summed E-state index contributed by atoms with van der Waals surface area (Å²) in [6.07, 6.45) is 1.77. The molecule has 0 spiro atoms. The molecule has 4 rings (SSSR count). The fraction of sp³-hybridized carbons (Fsp3) is 0.238. The Morgan fingerprint density at radius 2 is 1.97 bits per heavy atom. The summed E-state index contributed by atoms with van der Waals surface area (Å²) in [6.45, 7) is 3.85. The van der Waals surface area contributed by atoms with Crippen molar-refractivity contribution < 1.29 is 17.6 Å². The summed E-state index contributed by atoms with van der Waals surface area (Å²) in [6, 6.07) is 11.4. The molecule has 0 aliphatic carbocycles. The second-order valence-electron chi connectivity index (χ2n) is 7.46. The van der Waals surface area contributed by atoms with E-state index in [9.17, 15) is 13.2 Å². The molecule has 0 saturated carbocycles. The first-order valence-electron chi connectivity index (χ1n) is 9.73. The summed E-state index contributed by atoms with van der Waals surface area (Å²) in [5, 5.41) is 8.81. The Balaban J connectivity index is 1.56. The number of aromatic nitrogens is 2. The van der Waals surface area contributed by atoms with Crippen molar-refractivity contribution in [3.63, 3.8) is 0 Å². The Morgan fingerprint density at radius 3 is 2.65 bits per heavy atom. The molecule has 0 unspecified atom stereocenters. The maximum Gasteiger partial charge on any atom is 0.240 e. The van der Waals surface area contributed by atoms with E-state index in [-0.39, 0.29) is 23.4 Å². The van der Waals surface area contributed by atoms with E-state index in [4.69, 9.17) is 10.2 Å². The van der Waals surface area contributed by atoms with Gasteiger partial charge in [0, 0.05) is 29.4 Å². The zero-order valence-electron chi connectivity index (χ0n) is 17.1. The van der Waals surface area contributed by atoms with E-state index in [0.717, 1.165) is 16.3 Å². The highest BCUT2D eigenvalue weighted by molar-refractivity contribution is 7.89. The van der Waals surface area contributed by atoms with Gasteiger partial charge in [-0.2, -0.15) is 5.10 Å². The van der Waals surface area contributed by atoms with Gasteiger partial charge in [-0.3, -0.25) is 9.48 Å². The highest BCUT2D eigenvalue weighted by Gasteiger charge is 2.17. The molecule has 0 fully saturated rings. The van der Waals surface area contributed by atoms with E-state index in [2.05, 4.69) is 15.1 Å². The number of amides is 1. The first-order chi connectivity index (χ1) is 14.7. The lowest BCUT2D eigenvalue weighted by atomic mass is 10.2. The molecule has 0 aliphatic rings. The smallest absolute Gasteiger partial charge is 0.240 e. The van der Waals surface area contributed by atoms with E-state index in [0.29, 0.717) is 23.6 Å².